The molecule has 0 spiro atoms. The first-order chi connectivity index (χ1) is 6.45. The summed E-state index contributed by atoms with van der Waals surface area (Å²) in [4.78, 5) is 11.8. The molecule has 0 aromatic heterocycles. The van der Waals surface area contributed by atoms with Crippen molar-refractivity contribution in [3.05, 3.63) is 0 Å². The third-order valence-corrected chi connectivity index (χ3v) is 1.60. The summed E-state index contributed by atoms with van der Waals surface area (Å²) in [6.07, 6.45) is -7.70. The molecule has 0 heterocycles. The van der Waals surface area contributed by atoms with E-state index in [4.69, 9.17) is 35.6 Å². The van der Waals surface area contributed by atoms with Crippen molar-refractivity contribution in [2.75, 3.05) is 6.61 Å². The molecule has 0 saturated heterocycles. The van der Waals surface area contributed by atoms with E-state index >= 15 is 0 Å². The highest BCUT2D eigenvalue weighted by atomic mass is 17.1. The normalized spacial score (nSPS) is 19.6. The number of hydrogen-bond donors (Lipinski definition) is 6. The predicted molar refractivity (Wildman–Crippen MR) is 41.8 cm³/mol. The fourth-order valence-electron chi connectivity index (χ4n) is 0.722. The average Bonchev–Trinajstić information content (AvgIpc) is 2.23. The van der Waals surface area contributed by atoms with Gasteiger partial charge in [0, 0.05) is 0 Å². The first kappa shape index (κ1) is 13.2. The van der Waals surface area contributed by atoms with Gasteiger partial charge in [-0.1, -0.05) is 5.26 Å². The summed E-state index contributed by atoms with van der Waals surface area (Å²) >= 11 is 0. The third kappa shape index (κ3) is 3.18. The topological polar surface area (TPSA) is 152 Å². The molecule has 0 rings (SSSR count). The van der Waals surface area contributed by atoms with Crippen LogP contribution in [-0.2, 0) is 4.89 Å². The summed E-state index contributed by atoms with van der Waals surface area (Å²) in [6.45, 7) is -0.842. The van der Waals surface area contributed by atoms with Gasteiger partial charge < -0.3 is 30.3 Å². The van der Waals surface area contributed by atoms with Crippen molar-refractivity contribution in [3.63, 3.8) is 0 Å². The Morgan fingerprint density at radius 2 is 1.64 bits per heavy atom. The Labute approximate surface area is 78.5 Å². The van der Waals surface area contributed by atoms with Crippen LogP contribution in [-0.4, -0.2) is 72.6 Å². The molecule has 0 fully saturated rings. The molecule has 0 aromatic rings. The van der Waals surface area contributed by atoms with Gasteiger partial charge in [0.1, 0.15) is 18.3 Å². The summed E-state index contributed by atoms with van der Waals surface area (Å²) in [5, 5.41) is 52.1. The molecule has 0 aliphatic rings. The van der Waals surface area contributed by atoms with E-state index in [0.29, 0.717) is 0 Å². The van der Waals surface area contributed by atoms with Crippen LogP contribution in [0.4, 0.5) is 0 Å². The predicted octanol–water partition coefficient (Wildman–Crippen LogP) is -3.59. The molecule has 0 aliphatic carbocycles. The van der Waals surface area contributed by atoms with Crippen LogP contribution in [0.3, 0.4) is 0 Å². The van der Waals surface area contributed by atoms with Crippen molar-refractivity contribution >= 4 is 5.97 Å². The molecule has 0 aromatic carbocycles. The summed E-state index contributed by atoms with van der Waals surface area (Å²) in [5.74, 6) is -1.33. The molecule has 7 N–H and O–H groups in total. The van der Waals surface area contributed by atoms with Crippen molar-refractivity contribution in [3.8, 4) is 0 Å². The van der Waals surface area contributed by atoms with Crippen LogP contribution < -0.4 is 0 Å². The Hall–Kier alpha value is -0.770. The van der Waals surface area contributed by atoms with E-state index in [0.717, 1.165) is 0 Å². The fraction of sp³-hybridized carbons (Fsp3) is 0.833. The summed E-state index contributed by atoms with van der Waals surface area (Å²) in [7, 11) is 0. The minimum atomic E-state index is -2.10. The maximum Gasteiger partial charge on any atom is 0.559 e. The molecule has 8 nitrogen and oxygen atoms in total. The Balaban J connectivity index is 4.30. The van der Waals surface area contributed by atoms with Crippen molar-refractivity contribution in [1.29, 1.82) is 0 Å². The van der Waals surface area contributed by atoms with Gasteiger partial charge in [-0.25, -0.2) is 0 Å². The zero-order chi connectivity index (χ0) is 11.3. The number of aliphatic hydroxyl groups is 5. The van der Waals surface area contributed by atoms with Crippen molar-refractivity contribution < 1.29 is 40.5 Å². The number of aliphatic hydroxyl groups excluding tert-OH is 5. The van der Waals surface area contributed by atoms with Crippen LogP contribution in [0.15, 0.2) is 0 Å². The molecule has 14 heavy (non-hydrogen) atoms. The van der Waals surface area contributed by atoms with E-state index < -0.39 is 37.0 Å². The first-order valence-corrected chi connectivity index (χ1v) is 3.66. The zero-order valence-electron chi connectivity index (χ0n) is 7.06. The van der Waals surface area contributed by atoms with Crippen LogP contribution in [0.1, 0.15) is 0 Å². The van der Waals surface area contributed by atoms with Gasteiger partial charge >= 0.3 is 5.97 Å². The molecular weight excluding hydrogens is 200 g/mol. The Morgan fingerprint density at radius 1 is 1.14 bits per heavy atom. The van der Waals surface area contributed by atoms with Gasteiger partial charge in [0.2, 0.25) is 6.10 Å². The molecule has 4 atom stereocenters. The van der Waals surface area contributed by atoms with Crippen LogP contribution in [0.5, 0.6) is 0 Å². The second kappa shape index (κ2) is 5.86. The third-order valence-electron chi connectivity index (χ3n) is 1.60. The molecule has 0 unspecified atom stereocenters. The van der Waals surface area contributed by atoms with E-state index in [-0.39, 0.29) is 0 Å². The van der Waals surface area contributed by atoms with Gasteiger partial charge in [0.25, 0.3) is 0 Å². The van der Waals surface area contributed by atoms with Gasteiger partial charge in [-0.3, -0.25) is 0 Å². The van der Waals surface area contributed by atoms with Crippen molar-refractivity contribution in [1.82, 2.24) is 0 Å². The summed E-state index contributed by atoms with van der Waals surface area (Å²) < 4.78 is 0. The molecular formula is C6H13O8+. The van der Waals surface area contributed by atoms with Crippen LogP contribution in [0, 0.1) is 0 Å². The van der Waals surface area contributed by atoms with E-state index in [9.17, 15) is 0 Å². The Morgan fingerprint density at radius 3 is 2.00 bits per heavy atom. The van der Waals surface area contributed by atoms with E-state index in [2.05, 4.69) is 4.89 Å². The van der Waals surface area contributed by atoms with Crippen LogP contribution in [0.2, 0.25) is 0 Å². The first-order valence-electron chi connectivity index (χ1n) is 3.66. The van der Waals surface area contributed by atoms with Crippen molar-refractivity contribution in [2.24, 2.45) is 0 Å². The zero-order valence-corrected chi connectivity index (χ0v) is 7.06. The molecule has 0 aliphatic heterocycles. The van der Waals surface area contributed by atoms with Gasteiger partial charge in [0.05, 0.1) is 6.61 Å². The highest BCUT2D eigenvalue weighted by Gasteiger charge is 2.40. The molecule has 84 valence electrons. The van der Waals surface area contributed by atoms with Gasteiger partial charge in [-0.05, 0) is 0 Å². The SMILES string of the molecule is OC[C@@H](O)[C@@H](O)[C@H](O)[C@@H](O)C(=[OH+])OO. The quantitative estimate of drug-likeness (QED) is 0.157. The lowest BCUT2D eigenvalue weighted by atomic mass is 10.0. The maximum atomic E-state index is 9.05. The Kier molecular flexibility index (Phi) is 5.53. The molecule has 0 radical (unpaired) electrons. The minimum Gasteiger partial charge on any atom is -0.394 e. The van der Waals surface area contributed by atoms with E-state index in [1.807, 2.05) is 0 Å². The van der Waals surface area contributed by atoms with Gasteiger partial charge in [0.15, 0.2) is 0 Å². The van der Waals surface area contributed by atoms with E-state index in [1.54, 1.807) is 0 Å². The summed E-state index contributed by atoms with van der Waals surface area (Å²) in [6, 6.07) is 0. The smallest absolute Gasteiger partial charge is 0.394 e. The second-order valence-corrected chi connectivity index (χ2v) is 2.61. The summed E-state index contributed by atoms with van der Waals surface area (Å²) in [5.41, 5.74) is 0. The lowest BCUT2D eigenvalue weighted by Gasteiger charge is -2.21. The van der Waals surface area contributed by atoms with Gasteiger partial charge in [-0.15, -0.1) is 4.89 Å². The average molecular weight is 213 g/mol. The fourth-order valence-corrected chi connectivity index (χ4v) is 0.722. The molecule has 8 heteroatoms. The highest BCUT2D eigenvalue weighted by Crippen LogP contribution is 2.05. The van der Waals surface area contributed by atoms with Crippen molar-refractivity contribution in [2.45, 2.75) is 24.4 Å². The van der Waals surface area contributed by atoms with Crippen LogP contribution in [0.25, 0.3) is 0 Å². The molecule has 0 amide bonds. The lowest BCUT2D eigenvalue weighted by Crippen LogP contribution is -2.49. The molecule has 0 bridgehead atoms. The molecule has 0 saturated carbocycles. The van der Waals surface area contributed by atoms with E-state index in [1.165, 1.54) is 0 Å². The monoisotopic (exact) mass is 213 g/mol. The number of hydrogen-bond acceptors (Lipinski definition) is 7. The lowest BCUT2D eigenvalue weighted by molar-refractivity contribution is -0.181. The van der Waals surface area contributed by atoms with Crippen LogP contribution >= 0.6 is 0 Å². The number of rotatable bonds is 5. The second-order valence-electron chi connectivity index (χ2n) is 2.61. The minimum absolute atomic E-state index is 0.842. The van der Waals surface area contributed by atoms with Gasteiger partial charge in [-0.2, -0.15) is 0 Å². The number of carbonyl (C=O) groups excluding carboxylic acids is 1. The largest absolute Gasteiger partial charge is 0.559 e. The maximum absolute atomic E-state index is 9.05. The standard InChI is InChI=1S/C6H12O8/c7-1-2(8)3(9)4(10)5(11)6(12)14-13/h2-5,7-11,13H,1H2/p+1/t2-,3-,4+,5-/m1/s1. The highest BCUT2D eigenvalue weighted by molar-refractivity contribution is 5.75. The Bertz CT molecular complexity index is 183.